The second kappa shape index (κ2) is 6.55. The zero-order chi connectivity index (χ0) is 16.2. The molecular formula is C12H17N3O5S. The van der Waals surface area contributed by atoms with Crippen molar-refractivity contribution < 1.29 is 23.1 Å². The number of nitrogens with two attached hydrogens (primary N) is 1. The highest BCUT2D eigenvalue weighted by atomic mass is 32.2. The van der Waals surface area contributed by atoms with Crippen LogP contribution in [0.25, 0.3) is 0 Å². The summed E-state index contributed by atoms with van der Waals surface area (Å²) in [5.41, 5.74) is 0.000262. The van der Waals surface area contributed by atoms with Gasteiger partial charge in [-0.2, -0.15) is 0 Å². The Bertz CT molecular complexity index is 655. The van der Waals surface area contributed by atoms with Crippen LogP contribution in [0.4, 0.5) is 5.69 Å². The lowest BCUT2D eigenvalue weighted by Crippen LogP contribution is -2.24. The van der Waals surface area contributed by atoms with Gasteiger partial charge >= 0.3 is 5.97 Å². The SMILES string of the molecule is CN(C)C(=O)CCNc1ccc(S(N)(=O)=O)cc1C(=O)O. The van der Waals surface area contributed by atoms with Crippen molar-refractivity contribution in [1.29, 1.82) is 0 Å². The van der Waals surface area contributed by atoms with Crippen LogP contribution >= 0.6 is 0 Å². The Morgan fingerprint density at radius 1 is 1.33 bits per heavy atom. The van der Waals surface area contributed by atoms with Gasteiger partial charge in [-0.05, 0) is 18.2 Å². The summed E-state index contributed by atoms with van der Waals surface area (Å²) < 4.78 is 22.4. The van der Waals surface area contributed by atoms with Crippen LogP contribution in [-0.4, -0.2) is 50.9 Å². The number of hydrogen-bond acceptors (Lipinski definition) is 5. The minimum atomic E-state index is -3.97. The number of benzene rings is 1. The minimum absolute atomic E-state index is 0.111. The maximum atomic E-state index is 11.4. The quantitative estimate of drug-likeness (QED) is 0.673. The maximum absolute atomic E-state index is 11.4. The molecule has 0 aliphatic carbocycles. The molecule has 0 aliphatic rings. The molecule has 4 N–H and O–H groups in total. The molecule has 116 valence electrons. The number of hydrogen-bond donors (Lipinski definition) is 3. The highest BCUT2D eigenvalue weighted by Crippen LogP contribution is 2.20. The molecule has 0 saturated heterocycles. The summed E-state index contributed by atoms with van der Waals surface area (Å²) in [6.07, 6.45) is 0.184. The fraction of sp³-hybridized carbons (Fsp3) is 0.333. The van der Waals surface area contributed by atoms with E-state index in [1.54, 1.807) is 14.1 Å². The average Bonchev–Trinajstić information content (AvgIpc) is 2.37. The first-order valence-corrected chi connectivity index (χ1v) is 7.51. The van der Waals surface area contributed by atoms with Gasteiger partial charge in [-0.25, -0.2) is 18.4 Å². The van der Waals surface area contributed by atoms with E-state index in [-0.39, 0.29) is 35.0 Å². The molecule has 1 aromatic rings. The summed E-state index contributed by atoms with van der Waals surface area (Å²) in [5, 5.41) is 16.9. The maximum Gasteiger partial charge on any atom is 0.337 e. The van der Waals surface area contributed by atoms with Crippen LogP contribution in [0.3, 0.4) is 0 Å². The Hall–Kier alpha value is -2.13. The predicted octanol–water partition coefficient (Wildman–Crippen LogP) is -0.0776. The molecule has 9 heteroatoms. The van der Waals surface area contributed by atoms with Gasteiger partial charge in [0.1, 0.15) is 0 Å². The summed E-state index contributed by atoms with van der Waals surface area (Å²) in [7, 11) is -0.739. The number of primary sulfonamides is 1. The predicted molar refractivity (Wildman–Crippen MR) is 76.6 cm³/mol. The average molecular weight is 315 g/mol. The van der Waals surface area contributed by atoms with Crippen LogP contribution in [0.2, 0.25) is 0 Å². The van der Waals surface area contributed by atoms with Crippen LogP contribution in [0.5, 0.6) is 0 Å². The van der Waals surface area contributed by atoms with E-state index in [9.17, 15) is 18.0 Å². The van der Waals surface area contributed by atoms with E-state index >= 15 is 0 Å². The van der Waals surface area contributed by atoms with Gasteiger partial charge in [0.05, 0.1) is 10.5 Å². The highest BCUT2D eigenvalue weighted by Gasteiger charge is 2.16. The summed E-state index contributed by atoms with van der Waals surface area (Å²) in [4.78, 5) is 23.7. The Labute approximate surface area is 122 Å². The number of amides is 1. The topological polar surface area (TPSA) is 130 Å². The number of carboxylic acid groups (broad SMARTS) is 1. The minimum Gasteiger partial charge on any atom is -0.478 e. The van der Waals surface area contributed by atoms with Gasteiger partial charge < -0.3 is 15.3 Å². The third kappa shape index (κ3) is 4.72. The monoisotopic (exact) mass is 315 g/mol. The van der Waals surface area contributed by atoms with Gasteiger partial charge in [-0.1, -0.05) is 0 Å². The number of nitrogens with one attached hydrogen (secondary N) is 1. The highest BCUT2D eigenvalue weighted by molar-refractivity contribution is 7.89. The standard InChI is InChI=1S/C12H17N3O5S/c1-15(2)11(16)5-6-14-10-4-3-8(21(13,19)20)7-9(10)12(17)18/h3-4,7,14H,5-6H2,1-2H3,(H,17,18)(H2,13,19,20). The van der Waals surface area contributed by atoms with Crippen molar-refractivity contribution >= 4 is 27.6 Å². The first-order valence-electron chi connectivity index (χ1n) is 5.97. The first kappa shape index (κ1) is 16.9. The molecule has 0 radical (unpaired) electrons. The lowest BCUT2D eigenvalue weighted by molar-refractivity contribution is -0.128. The Kier molecular flexibility index (Phi) is 5.28. The first-order chi connectivity index (χ1) is 9.62. The Balaban J connectivity index is 2.93. The van der Waals surface area contributed by atoms with Gasteiger partial charge in [-0.3, -0.25) is 4.79 Å². The molecule has 1 amide bonds. The van der Waals surface area contributed by atoms with Gasteiger partial charge in [0, 0.05) is 32.7 Å². The molecule has 21 heavy (non-hydrogen) atoms. The van der Waals surface area contributed by atoms with Crippen LogP contribution in [0, 0.1) is 0 Å². The number of rotatable bonds is 6. The Morgan fingerprint density at radius 2 is 1.95 bits per heavy atom. The smallest absolute Gasteiger partial charge is 0.337 e. The van der Waals surface area contributed by atoms with E-state index in [0.717, 1.165) is 6.07 Å². The van der Waals surface area contributed by atoms with Gasteiger partial charge in [0.15, 0.2) is 0 Å². The van der Waals surface area contributed by atoms with Crippen molar-refractivity contribution in [1.82, 2.24) is 4.90 Å². The number of anilines is 1. The third-order valence-corrected chi connectivity index (χ3v) is 3.61. The number of carbonyl (C=O) groups is 2. The summed E-state index contributed by atoms with van der Waals surface area (Å²) in [6.45, 7) is 0.228. The fourth-order valence-electron chi connectivity index (χ4n) is 1.56. The lowest BCUT2D eigenvalue weighted by Gasteiger charge is -2.13. The van der Waals surface area contributed by atoms with E-state index in [1.807, 2.05) is 0 Å². The zero-order valence-electron chi connectivity index (χ0n) is 11.7. The van der Waals surface area contributed by atoms with Crippen molar-refractivity contribution in [3.8, 4) is 0 Å². The molecule has 0 aromatic heterocycles. The molecule has 0 unspecified atom stereocenters. The molecular weight excluding hydrogens is 298 g/mol. The Morgan fingerprint density at radius 3 is 2.43 bits per heavy atom. The van der Waals surface area contributed by atoms with Gasteiger partial charge in [0.25, 0.3) is 0 Å². The second-order valence-electron chi connectivity index (χ2n) is 4.52. The molecule has 0 spiro atoms. The lowest BCUT2D eigenvalue weighted by atomic mass is 10.1. The molecule has 1 aromatic carbocycles. The van der Waals surface area contributed by atoms with Gasteiger partial charge in [0.2, 0.25) is 15.9 Å². The summed E-state index contributed by atoms with van der Waals surface area (Å²) >= 11 is 0. The normalized spacial score (nSPS) is 11.0. The van der Waals surface area contributed by atoms with Gasteiger partial charge in [-0.15, -0.1) is 0 Å². The van der Waals surface area contributed by atoms with Crippen molar-refractivity contribution in [2.45, 2.75) is 11.3 Å². The van der Waals surface area contributed by atoms with E-state index in [0.29, 0.717) is 0 Å². The molecule has 8 nitrogen and oxygen atoms in total. The molecule has 0 atom stereocenters. The van der Waals surface area contributed by atoms with Crippen LogP contribution in [0.15, 0.2) is 23.1 Å². The number of carbonyl (C=O) groups excluding carboxylic acids is 1. The number of nitrogens with zero attached hydrogens (tertiary/aromatic N) is 1. The van der Waals surface area contributed by atoms with Crippen molar-refractivity contribution in [2.24, 2.45) is 5.14 Å². The second-order valence-corrected chi connectivity index (χ2v) is 6.08. The van der Waals surface area contributed by atoms with Crippen LogP contribution < -0.4 is 10.5 Å². The van der Waals surface area contributed by atoms with E-state index in [4.69, 9.17) is 10.2 Å². The fourth-order valence-corrected chi connectivity index (χ4v) is 2.10. The van der Waals surface area contributed by atoms with Crippen LogP contribution in [0.1, 0.15) is 16.8 Å². The summed E-state index contributed by atoms with van der Waals surface area (Å²) in [6, 6.07) is 3.50. The molecule has 0 heterocycles. The number of carboxylic acids is 1. The van der Waals surface area contributed by atoms with Crippen molar-refractivity contribution in [2.75, 3.05) is 26.0 Å². The zero-order valence-corrected chi connectivity index (χ0v) is 12.5. The van der Waals surface area contributed by atoms with E-state index in [2.05, 4.69) is 5.32 Å². The molecule has 0 bridgehead atoms. The third-order valence-electron chi connectivity index (χ3n) is 2.70. The molecule has 0 aliphatic heterocycles. The van der Waals surface area contributed by atoms with E-state index < -0.39 is 16.0 Å². The van der Waals surface area contributed by atoms with Crippen molar-refractivity contribution in [3.05, 3.63) is 23.8 Å². The van der Waals surface area contributed by atoms with Crippen molar-refractivity contribution in [3.63, 3.8) is 0 Å². The largest absolute Gasteiger partial charge is 0.478 e. The molecule has 0 fully saturated rings. The number of aromatic carboxylic acids is 1. The summed E-state index contributed by atoms with van der Waals surface area (Å²) in [5.74, 6) is -1.40. The number of sulfonamides is 1. The molecule has 0 saturated carbocycles. The van der Waals surface area contributed by atoms with Crippen LogP contribution in [-0.2, 0) is 14.8 Å². The van der Waals surface area contributed by atoms with E-state index in [1.165, 1.54) is 17.0 Å². The molecule has 1 rings (SSSR count).